The zero-order valence-corrected chi connectivity index (χ0v) is 15.0. The number of ether oxygens (including phenoxy) is 1. The number of piperidine rings is 1. The summed E-state index contributed by atoms with van der Waals surface area (Å²) in [6.07, 6.45) is 6.86. The first-order chi connectivity index (χ1) is 11.7. The molecule has 0 saturated carbocycles. The maximum atomic E-state index is 12.5. The van der Waals surface area contributed by atoms with Crippen molar-refractivity contribution in [2.24, 2.45) is 5.92 Å². The number of hydrogen-bond donors (Lipinski definition) is 1. The van der Waals surface area contributed by atoms with Crippen LogP contribution in [0, 0.1) is 5.92 Å². The molecule has 132 valence electrons. The van der Waals surface area contributed by atoms with Crippen molar-refractivity contribution in [2.45, 2.75) is 51.9 Å². The molecular weight excluding hydrogens is 326 g/mol. The number of aromatic nitrogens is 1. The number of aryl methyl sites for hydroxylation is 2. The Hall–Kier alpha value is -1.63. The summed E-state index contributed by atoms with van der Waals surface area (Å²) in [5.74, 6) is -0.0261. The molecule has 2 aliphatic rings. The van der Waals surface area contributed by atoms with E-state index in [1.165, 1.54) is 29.8 Å². The van der Waals surface area contributed by atoms with Gasteiger partial charge in [0.05, 0.1) is 12.3 Å². The molecule has 2 amide bonds. The van der Waals surface area contributed by atoms with Crippen LogP contribution in [-0.2, 0) is 22.4 Å². The number of likely N-dealkylation sites (tertiary alicyclic amines) is 1. The van der Waals surface area contributed by atoms with E-state index in [9.17, 15) is 9.59 Å². The maximum absolute atomic E-state index is 12.5. The Bertz CT molecular complexity index is 570. The Morgan fingerprint density at radius 1 is 1.25 bits per heavy atom. The molecule has 1 saturated heterocycles. The molecule has 0 atom stereocenters. The molecule has 1 aliphatic heterocycles. The van der Waals surface area contributed by atoms with Gasteiger partial charge in [-0.1, -0.05) is 6.42 Å². The first-order valence-corrected chi connectivity index (χ1v) is 9.70. The SMILES string of the molecule is CCOC(=O)N1CCC(C(=O)Nc2nc3c(s2)CCCCC3)CC1. The normalized spacial score (nSPS) is 18.6. The van der Waals surface area contributed by atoms with Gasteiger partial charge in [0.15, 0.2) is 5.13 Å². The van der Waals surface area contributed by atoms with Crippen molar-refractivity contribution in [3.8, 4) is 0 Å². The van der Waals surface area contributed by atoms with Crippen molar-refractivity contribution in [1.29, 1.82) is 0 Å². The van der Waals surface area contributed by atoms with E-state index in [0.717, 1.165) is 18.0 Å². The Morgan fingerprint density at radius 3 is 2.75 bits per heavy atom. The quantitative estimate of drug-likeness (QED) is 0.849. The highest BCUT2D eigenvalue weighted by Crippen LogP contribution is 2.29. The Labute approximate surface area is 146 Å². The minimum absolute atomic E-state index is 0.0300. The van der Waals surface area contributed by atoms with Crippen LogP contribution in [0.15, 0.2) is 0 Å². The lowest BCUT2D eigenvalue weighted by Gasteiger charge is -2.30. The molecule has 1 aromatic heterocycles. The maximum Gasteiger partial charge on any atom is 0.409 e. The van der Waals surface area contributed by atoms with E-state index < -0.39 is 0 Å². The van der Waals surface area contributed by atoms with E-state index in [0.29, 0.717) is 32.5 Å². The van der Waals surface area contributed by atoms with Crippen LogP contribution in [0.3, 0.4) is 0 Å². The van der Waals surface area contributed by atoms with Crippen LogP contribution < -0.4 is 5.32 Å². The van der Waals surface area contributed by atoms with Crippen LogP contribution in [0.4, 0.5) is 9.93 Å². The van der Waals surface area contributed by atoms with Crippen LogP contribution >= 0.6 is 11.3 Å². The van der Waals surface area contributed by atoms with Gasteiger partial charge in [0.25, 0.3) is 0 Å². The van der Waals surface area contributed by atoms with Crippen molar-refractivity contribution in [1.82, 2.24) is 9.88 Å². The highest BCUT2D eigenvalue weighted by atomic mass is 32.1. The summed E-state index contributed by atoms with van der Waals surface area (Å²) in [4.78, 5) is 31.8. The van der Waals surface area contributed by atoms with E-state index in [1.807, 2.05) is 0 Å². The van der Waals surface area contributed by atoms with E-state index in [1.54, 1.807) is 23.2 Å². The van der Waals surface area contributed by atoms with Crippen molar-refractivity contribution in [3.63, 3.8) is 0 Å². The number of hydrogen-bond acceptors (Lipinski definition) is 5. The van der Waals surface area contributed by atoms with Gasteiger partial charge >= 0.3 is 6.09 Å². The molecule has 0 spiro atoms. The van der Waals surface area contributed by atoms with E-state index in [4.69, 9.17) is 4.74 Å². The molecule has 24 heavy (non-hydrogen) atoms. The van der Waals surface area contributed by atoms with Gasteiger partial charge in [-0.3, -0.25) is 4.79 Å². The fraction of sp³-hybridized carbons (Fsp3) is 0.706. The highest BCUT2D eigenvalue weighted by molar-refractivity contribution is 7.15. The number of rotatable bonds is 3. The molecule has 0 unspecified atom stereocenters. The third-order valence-electron chi connectivity index (χ3n) is 4.72. The topological polar surface area (TPSA) is 71.5 Å². The second kappa shape index (κ2) is 7.96. The van der Waals surface area contributed by atoms with E-state index >= 15 is 0 Å². The van der Waals surface area contributed by atoms with Crippen molar-refractivity contribution >= 4 is 28.5 Å². The first kappa shape index (κ1) is 17.2. The predicted molar refractivity (Wildman–Crippen MR) is 93.3 cm³/mol. The summed E-state index contributed by atoms with van der Waals surface area (Å²) >= 11 is 1.63. The Balaban J connectivity index is 1.52. The number of nitrogens with one attached hydrogen (secondary N) is 1. The Kier molecular flexibility index (Phi) is 5.71. The number of nitrogens with zero attached hydrogens (tertiary/aromatic N) is 2. The van der Waals surface area contributed by atoms with E-state index in [-0.39, 0.29) is 17.9 Å². The molecule has 7 heteroatoms. The van der Waals surface area contributed by atoms with Gasteiger partial charge < -0.3 is 15.0 Å². The van der Waals surface area contributed by atoms with Crippen molar-refractivity contribution in [2.75, 3.05) is 25.0 Å². The Morgan fingerprint density at radius 2 is 2.00 bits per heavy atom. The van der Waals surface area contributed by atoms with Crippen LogP contribution in [0.5, 0.6) is 0 Å². The minimum atomic E-state index is -0.278. The number of amides is 2. The summed E-state index contributed by atoms with van der Waals surface area (Å²) < 4.78 is 5.01. The number of anilines is 1. The molecule has 2 heterocycles. The van der Waals surface area contributed by atoms with Crippen molar-refractivity contribution in [3.05, 3.63) is 10.6 Å². The van der Waals surface area contributed by atoms with Crippen molar-refractivity contribution < 1.29 is 14.3 Å². The number of carbonyl (C=O) groups excluding carboxylic acids is 2. The average Bonchev–Trinajstić information content (AvgIpc) is 2.83. The summed E-state index contributed by atoms with van der Waals surface area (Å²) in [5, 5.41) is 3.73. The highest BCUT2D eigenvalue weighted by Gasteiger charge is 2.28. The van der Waals surface area contributed by atoms with Gasteiger partial charge in [0, 0.05) is 23.9 Å². The smallest absolute Gasteiger partial charge is 0.409 e. The molecule has 1 aliphatic carbocycles. The first-order valence-electron chi connectivity index (χ1n) is 8.88. The molecule has 1 N–H and O–H groups in total. The monoisotopic (exact) mass is 351 g/mol. The lowest BCUT2D eigenvalue weighted by molar-refractivity contribution is -0.121. The number of thiazole rings is 1. The molecule has 0 bridgehead atoms. The van der Waals surface area contributed by atoms with Crippen LogP contribution in [-0.4, -0.2) is 41.6 Å². The van der Waals surface area contributed by atoms with Gasteiger partial charge in [-0.25, -0.2) is 9.78 Å². The largest absolute Gasteiger partial charge is 0.450 e. The van der Waals surface area contributed by atoms with Gasteiger partial charge in [-0.15, -0.1) is 11.3 Å². The lowest BCUT2D eigenvalue weighted by atomic mass is 9.96. The molecule has 1 fully saturated rings. The molecule has 6 nitrogen and oxygen atoms in total. The van der Waals surface area contributed by atoms with E-state index in [2.05, 4.69) is 10.3 Å². The minimum Gasteiger partial charge on any atom is -0.450 e. The molecule has 0 radical (unpaired) electrons. The fourth-order valence-corrected chi connectivity index (χ4v) is 4.38. The third-order valence-corrected chi connectivity index (χ3v) is 5.79. The van der Waals surface area contributed by atoms with Gasteiger partial charge in [0.2, 0.25) is 5.91 Å². The molecule has 0 aromatic carbocycles. The predicted octanol–water partition coefficient (Wildman–Crippen LogP) is 3.22. The fourth-order valence-electron chi connectivity index (χ4n) is 3.33. The van der Waals surface area contributed by atoms with Crippen LogP contribution in [0.25, 0.3) is 0 Å². The summed E-state index contributed by atoms with van der Waals surface area (Å²) in [5.41, 5.74) is 1.17. The average molecular weight is 351 g/mol. The second-order valence-corrected chi connectivity index (χ2v) is 7.48. The zero-order valence-electron chi connectivity index (χ0n) is 14.2. The second-order valence-electron chi connectivity index (χ2n) is 6.40. The van der Waals surface area contributed by atoms with Gasteiger partial charge in [-0.2, -0.15) is 0 Å². The van der Waals surface area contributed by atoms with Gasteiger partial charge in [-0.05, 0) is 45.4 Å². The standard InChI is InChI=1S/C17H25N3O3S/c1-2-23-17(22)20-10-8-12(9-11-20)15(21)19-16-18-13-6-4-3-5-7-14(13)24-16/h12H,2-11H2,1H3,(H,18,19,21). The molecule has 1 aromatic rings. The van der Waals surface area contributed by atoms with Gasteiger partial charge in [0.1, 0.15) is 0 Å². The number of carbonyl (C=O) groups is 2. The summed E-state index contributed by atoms with van der Waals surface area (Å²) in [6.45, 7) is 3.33. The van der Waals surface area contributed by atoms with Crippen LogP contribution in [0.1, 0.15) is 49.6 Å². The zero-order chi connectivity index (χ0) is 16.9. The third kappa shape index (κ3) is 4.06. The summed E-state index contributed by atoms with van der Waals surface area (Å²) in [6, 6.07) is 0. The molecule has 3 rings (SSSR count). The number of fused-ring (bicyclic) bond motifs is 1. The lowest BCUT2D eigenvalue weighted by Crippen LogP contribution is -2.41. The molecular formula is C17H25N3O3S. The summed E-state index contributed by atoms with van der Waals surface area (Å²) in [7, 11) is 0. The van der Waals surface area contributed by atoms with Crippen LogP contribution in [0.2, 0.25) is 0 Å².